The molecule has 1 aliphatic carbocycles. The van der Waals surface area contributed by atoms with Crippen molar-refractivity contribution >= 4 is 35.5 Å². The third-order valence-electron chi connectivity index (χ3n) is 5.12. The molecule has 0 unspecified atom stereocenters. The summed E-state index contributed by atoms with van der Waals surface area (Å²) < 4.78 is 0. The first kappa shape index (κ1) is 18.9. The summed E-state index contributed by atoms with van der Waals surface area (Å²) in [6, 6.07) is 15.5. The molecule has 0 saturated heterocycles. The zero-order chi connectivity index (χ0) is 18.8. The zero-order valence-corrected chi connectivity index (χ0v) is 16.1. The van der Waals surface area contributed by atoms with Crippen molar-refractivity contribution in [1.29, 1.82) is 0 Å². The van der Waals surface area contributed by atoms with Crippen LogP contribution < -0.4 is 0 Å². The largest absolute Gasteiger partial charge is 0.481 e. The Morgan fingerprint density at radius 2 is 1.00 bits per heavy atom. The van der Waals surface area contributed by atoms with E-state index in [1.54, 1.807) is 23.5 Å². The molecule has 0 aliphatic heterocycles. The standard InChI is InChI=1S/C20H20O4S2/c1-25-13-7-3-11(4-8-13)15-16(12-5-9-14(26-2)10-6-12)18(20(23)24)17(15)19(21)22/h3-10,15-18H,1-2H3,(H,21,22)(H,23,24)/t15-,16+,17+,18-. The molecule has 3 rings (SSSR count). The van der Waals surface area contributed by atoms with E-state index in [0.717, 1.165) is 20.9 Å². The lowest BCUT2D eigenvalue weighted by molar-refractivity contribution is -0.164. The van der Waals surface area contributed by atoms with Gasteiger partial charge in [-0.25, -0.2) is 0 Å². The van der Waals surface area contributed by atoms with Gasteiger partial charge in [0.15, 0.2) is 0 Å². The lowest BCUT2D eigenvalue weighted by Gasteiger charge is -2.48. The predicted molar refractivity (Wildman–Crippen MR) is 104 cm³/mol. The first-order valence-corrected chi connectivity index (χ1v) is 10.7. The van der Waals surface area contributed by atoms with Crippen LogP contribution in [0.3, 0.4) is 0 Å². The quantitative estimate of drug-likeness (QED) is 0.714. The van der Waals surface area contributed by atoms with Crippen LogP contribution in [-0.2, 0) is 9.59 Å². The highest BCUT2D eigenvalue weighted by Crippen LogP contribution is 2.58. The molecule has 6 heteroatoms. The molecule has 0 amide bonds. The normalized spacial score (nSPS) is 24.7. The molecular weight excluding hydrogens is 368 g/mol. The van der Waals surface area contributed by atoms with Gasteiger partial charge < -0.3 is 10.2 Å². The molecule has 26 heavy (non-hydrogen) atoms. The first-order chi connectivity index (χ1) is 12.5. The highest BCUT2D eigenvalue weighted by Gasteiger charge is 2.58. The minimum Gasteiger partial charge on any atom is -0.481 e. The van der Waals surface area contributed by atoms with Crippen molar-refractivity contribution < 1.29 is 19.8 Å². The van der Waals surface area contributed by atoms with Gasteiger partial charge in [0, 0.05) is 21.6 Å². The fourth-order valence-corrected chi connectivity index (χ4v) is 4.66. The molecule has 2 N–H and O–H groups in total. The van der Waals surface area contributed by atoms with Gasteiger partial charge >= 0.3 is 11.9 Å². The van der Waals surface area contributed by atoms with Crippen LogP contribution >= 0.6 is 23.5 Å². The van der Waals surface area contributed by atoms with E-state index in [0.29, 0.717) is 0 Å². The highest BCUT2D eigenvalue weighted by atomic mass is 32.2. The van der Waals surface area contributed by atoms with Crippen LogP contribution in [0.15, 0.2) is 58.3 Å². The molecule has 0 spiro atoms. The fourth-order valence-electron chi connectivity index (χ4n) is 3.84. The Kier molecular flexibility index (Phi) is 5.63. The lowest BCUT2D eigenvalue weighted by Crippen LogP contribution is -2.51. The third-order valence-corrected chi connectivity index (χ3v) is 6.61. The molecule has 2 aromatic rings. The molecule has 0 radical (unpaired) electrons. The molecule has 4 nitrogen and oxygen atoms in total. The Labute approximate surface area is 161 Å². The molecule has 1 saturated carbocycles. The van der Waals surface area contributed by atoms with Crippen LogP contribution in [0.4, 0.5) is 0 Å². The van der Waals surface area contributed by atoms with Gasteiger partial charge in [0.1, 0.15) is 0 Å². The molecule has 2 aromatic carbocycles. The van der Waals surface area contributed by atoms with E-state index in [-0.39, 0.29) is 11.8 Å². The summed E-state index contributed by atoms with van der Waals surface area (Å²) in [5.74, 6) is -4.62. The predicted octanol–water partition coefficient (Wildman–Crippen LogP) is 4.41. The van der Waals surface area contributed by atoms with Gasteiger partial charge in [-0.3, -0.25) is 9.59 Å². The van der Waals surface area contributed by atoms with E-state index >= 15 is 0 Å². The summed E-state index contributed by atoms with van der Waals surface area (Å²) >= 11 is 3.23. The van der Waals surface area contributed by atoms with Crippen molar-refractivity contribution in [1.82, 2.24) is 0 Å². The van der Waals surface area contributed by atoms with E-state index in [1.807, 2.05) is 61.0 Å². The Morgan fingerprint density at radius 1 is 0.692 bits per heavy atom. The summed E-state index contributed by atoms with van der Waals surface area (Å²) in [6.07, 6.45) is 3.96. The summed E-state index contributed by atoms with van der Waals surface area (Å²) in [4.78, 5) is 25.8. The van der Waals surface area contributed by atoms with Crippen LogP contribution in [0.25, 0.3) is 0 Å². The van der Waals surface area contributed by atoms with Crippen molar-refractivity contribution in [2.45, 2.75) is 21.6 Å². The van der Waals surface area contributed by atoms with Crippen LogP contribution in [0, 0.1) is 11.8 Å². The molecule has 1 fully saturated rings. The number of hydrogen-bond acceptors (Lipinski definition) is 4. The molecule has 0 heterocycles. The van der Waals surface area contributed by atoms with Crippen molar-refractivity contribution in [2.24, 2.45) is 11.8 Å². The van der Waals surface area contributed by atoms with Crippen molar-refractivity contribution in [3.05, 3.63) is 59.7 Å². The third kappa shape index (κ3) is 3.35. The van der Waals surface area contributed by atoms with Gasteiger partial charge in [-0.15, -0.1) is 23.5 Å². The van der Waals surface area contributed by atoms with E-state index in [4.69, 9.17) is 0 Å². The topological polar surface area (TPSA) is 74.6 Å². The number of benzene rings is 2. The van der Waals surface area contributed by atoms with Gasteiger partial charge in [-0.1, -0.05) is 24.3 Å². The van der Waals surface area contributed by atoms with Gasteiger partial charge in [-0.2, -0.15) is 0 Å². The van der Waals surface area contributed by atoms with Gasteiger partial charge in [0.2, 0.25) is 0 Å². The summed E-state index contributed by atoms with van der Waals surface area (Å²) in [7, 11) is 0. The number of carboxylic acids is 2. The Hall–Kier alpha value is -1.92. The lowest BCUT2D eigenvalue weighted by atomic mass is 9.52. The van der Waals surface area contributed by atoms with Crippen LogP contribution in [0.1, 0.15) is 23.0 Å². The Bertz CT molecular complexity index is 732. The summed E-state index contributed by atoms with van der Waals surface area (Å²) in [5.41, 5.74) is 1.76. The molecule has 4 atom stereocenters. The van der Waals surface area contributed by atoms with E-state index in [1.165, 1.54) is 0 Å². The monoisotopic (exact) mass is 388 g/mol. The van der Waals surface area contributed by atoms with Crippen molar-refractivity contribution in [3.63, 3.8) is 0 Å². The molecule has 1 aliphatic rings. The highest BCUT2D eigenvalue weighted by molar-refractivity contribution is 7.98. The number of hydrogen-bond donors (Lipinski definition) is 2. The van der Waals surface area contributed by atoms with Gasteiger partial charge in [0.25, 0.3) is 0 Å². The van der Waals surface area contributed by atoms with Gasteiger partial charge in [0.05, 0.1) is 11.8 Å². The van der Waals surface area contributed by atoms with Crippen LogP contribution in [-0.4, -0.2) is 34.7 Å². The van der Waals surface area contributed by atoms with Crippen molar-refractivity contribution in [3.8, 4) is 0 Å². The van der Waals surface area contributed by atoms with E-state index in [2.05, 4.69) is 0 Å². The number of carboxylic acid groups (broad SMARTS) is 2. The summed E-state index contributed by atoms with van der Waals surface area (Å²) in [6.45, 7) is 0. The maximum absolute atomic E-state index is 11.8. The summed E-state index contributed by atoms with van der Waals surface area (Å²) in [5, 5.41) is 19.3. The van der Waals surface area contributed by atoms with Crippen LogP contribution in [0.2, 0.25) is 0 Å². The number of thioether (sulfide) groups is 2. The smallest absolute Gasteiger partial charge is 0.308 e. The second kappa shape index (κ2) is 7.76. The second-order valence-corrected chi connectivity index (χ2v) is 8.09. The number of aliphatic carboxylic acids is 2. The van der Waals surface area contributed by atoms with Crippen molar-refractivity contribution in [2.75, 3.05) is 12.5 Å². The van der Waals surface area contributed by atoms with Gasteiger partial charge in [-0.05, 0) is 47.9 Å². The minimum absolute atomic E-state index is 0.343. The second-order valence-electron chi connectivity index (χ2n) is 6.33. The first-order valence-electron chi connectivity index (χ1n) is 8.21. The molecule has 136 valence electrons. The van der Waals surface area contributed by atoms with Crippen LogP contribution in [0.5, 0.6) is 0 Å². The maximum Gasteiger partial charge on any atom is 0.308 e. The molecule has 0 bridgehead atoms. The number of carbonyl (C=O) groups is 2. The minimum atomic E-state index is -1.05. The fraction of sp³-hybridized carbons (Fsp3) is 0.300. The maximum atomic E-state index is 11.8. The zero-order valence-electron chi connectivity index (χ0n) is 14.5. The Balaban J connectivity index is 2.03. The molecule has 0 aromatic heterocycles. The molecular formula is C20H20O4S2. The Morgan fingerprint density at radius 3 is 1.23 bits per heavy atom. The average Bonchev–Trinajstić information content (AvgIpc) is 2.61. The SMILES string of the molecule is CSc1ccc([C@@H]2[C@@H](C(=O)O)[C@@H](C(=O)O)[C@@H]2c2ccc(SC)cc2)cc1. The van der Waals surface area contributed by atoms with E-state index in [9.17, 15) is 19.8 Å². The average molecular weight is 389 g/mol. The van der Waals surface area contributed by atoms with E-state index < -0.39 is 23.8 Å². The number of rotatable bonds is 6.